The average molecular weight is 244 g/mol. The number of alkyl carbamates (subject to hydrolysis) is 1. The maximum Gasteiger partial charge on any atom is 0.407 e. The van der Waals surface area contributed by atoms with Gasteiger partial charge in [0.25, 0.3) is 0 Å². The molecule has 0 aliphatic heterocycles. The minimum absolute atomic E-state index is 0.0208. The predicted octanol–water partition coefficient (Wildman–Crippen LogP) is -0.168. The first kappa shape index (κ1) is 14.9. The molecule has 0 aromatic heterocycles. The Morgan fingerprint density at radius 1 is 1.47 bits per heavy atom. The smallest absolute Gasteiger partial charge is 0.407 e. The standard InChI is InChI=1S/C10H16N2O5/c1-3-6-17-10(16)11-5-4-8(13)12(2)7-9(14)15/h3H,1,4-7H2,2H3,(H,11,16)(H,14,15). The van der Waals surface area contributed by atoms with E-state index in [1.807, 2.05) is 0 Å². The Balaban J connectivity index is 3.73. The summed E-state index contributed by atoms with van der Waals surface area (Å²) in [7, 11) is 1.38. The van der Waals surface area contributed by atoms with Gasteiger partial charge >= 0.3 is 12.1 Å². The first-order valence-corrected chi connectivity index (χ1v) is 4.94. The monoisotopic (exact) mass is 244 g/mol. The number of ether oxygens (including phenoxy) is 1. The van der Waals surface area contributed by atoms with Gasteiger partial charge in [0.15, 0.2) is 0 Å². The van der Waals surface area contributed by atoms with Crippen LogP contribution in [0.2, 0.25) is 0 Å². The van der Waals surface area contributed by atoms with Gasteiger partial charge in [-0.25, -0.2) is 4.79 Å². The summed E-state index contributed by atoms with van der Waals surface area (Å²) in [6.45, 7) is 3.20. The highest BCUT2D eigenvalue weighted by Gasteiger charge is 2.12. The number of rotatable bonds is 7. The number of nitrogens with zero attached hydrogens (tertiary/aromatic N) is 1. The Bertz CT molecular complexity index is 303. The van der Waals surface area contributed by atoms with E-state index in [0.29, 0.717) is 0 Å². The highest BCUT2D eigenvalue weighted by atomic mass is 16.5. The van der Waals surface area contributed by atoms with Crippen LogP contribution in [0.3, 0.4) is 0 Å². The molecule has 0 aliphatic carbocycles. The lowest BCUT2D eigenvalue weighted by Crippen LogP contribution is -2.35. The van der Waals surface area contributed by atoms with Crippen LogP contribution < -0.4 is 5.32 Å². The van der Waals surface area contributed by atoms with Crippen molar-refractivity contribution in [2.24, 2.45) is 0 Å². The van der Waals surface area contributed by atoms with Crippen LogP contribution in [0, 0.1) is 0 Å². The van der Waals surface area contributed by atoms with Crippen LogP contribution in [0.5, 0.6) is 0 Å². The van der Waals surface area contributed by atoms with Crippen LogP contribution in [0.1, 0.15) is 6.42 Å². The van der Waals surface area contributed by atoms with Crippen molar-refractivity contribution >= 4 is 18.0 Å². The zero-order chi connectivity index (χ0) is 13.3. The zero-order valence-corrected chi connectivity index (χ0v) is 9.64. The first-order chi connectivity index (χ1) is 7.97. The van der Waals surface area contributed by atoms with Gasteiger partial charge in [0.1, 0.15) is 13.2 Å². The fraction of sp³-hybridized carbons (Fsp3) is 0.500. The highest BCUT2D eigenvalue weighted by Crippen LogP contribution is 1.90. The van der Waals surface area contributed by atoms with Gasteiger partial charge in [0.05, 0.1) is 0 Å². The molecular formula is C10H16N2O5. The summed E-state index contributed by atoms with van der Waals surface area (Å²) in [6, 6.07) is 0. The van der Waals surface area contributed by atoms with Gasteiger partial charge in [-0.3, -0.25) is 9.59 Å². The molecule has 0 radical (unpaired) electrons. The van der Waals surface area contributed by atoms with Gasteiger partial charge < -0.3 is 20.1 Å². The van der Waals surface area contributed by atoms with Gasteiger partial charge in [0, 0.05) is 20.0 Å². The Morgan fingerprint density at radius 3 is 2.65 bits per heavy atom. The second-order valence-electron chi connectivity index (χ2n) is 3.21. The van der Waals surface area contributed by atoms with Crippen LogP contribution in [0.25, 0.3) is 0 Å². The molecule has 0 saturated heterocycles. The van der Waals surface area contributed by atoms with Gasteiger partial charge in [-0.1, -0.05) is 12.7 Å². The Labute approximate surface area is 99.0 Å². The third kappa shape index (κ3) is 7.83. The summed E-state index contributed by atoms with van der Waals surface area (Å²) in [4.78, 5) is 33.6. The summed E-state index contributed by atoms with van der Waals surface area (Å²) in [5.41, 5.74) is 0. The van der Waals surface area contributed by atoms with E-state index in [0.717, 1.165) is 4.90 Å². The molecule has 0 aromatic carbocycles. The molecule has 2 amide bonds. The fourth-order valence-electron chi connectivity index (χ4n) is 0.939. The van der Waals surface area contributed by atoms with Crippen molar-refractivity contribution in [1.82, 2.24) is 10.2 Å². The molecule has 0 rings (SSSR count). The van der Waals surface area contributed by atoms with E-state index in [1.165, 1.54) is 13.1 Å². The highest BCUT2D eigenvalue weighted by molar-refractivity contribution is 5.81. The van der Waals surface area contributed by atoms with E-state index < -0.39 is 12.1 Å². The van der Waals surface area contributed by atoms with Gasteiger partial charge in [-0.15, -0.1) is 0 Å². The number of carboxylic acid groups (broad SMARTS) is 1. The second kappa shape index (κ2) is 8.14. The average Bonchev–Trinajstić information content (AvgIpc) is 2.25. The number of hydrogen-bond acceptors (Lipinski definition) is 4. The third-order valence-electron chi connectivity index (χ3n) is 1.74. The second-order valence-corrected chi connectivity index (χ2v) is 3.21. The molecule has 2 N–H and O–H groups in total. The molecule has 0 aliphatic rings. The van der Waals surface area contributed by atoms with Gasteiger partial charge in [-0.2, -0.15) is 0 Å². The molecule has 7 nitrogen and oxygen atoms in total. The molecule has 17 heavy (non-hydrogen) atoms. The molecular weight excluding hydrogens is 228 g/mol. The minimum Gasteiger partial charge on any atom is -0.480 e. The van der Waals surface area contributed by atoms with Crippen LogP contribution in [0.4, 0.5) is 4.79 Å². The Morgan fingerprint density at radius 2 is 2.12 bits per heavy atom. The van der Waals surface area contributed by atoms with E-state index in [1.54, 1.807) is 0 Å². The van der Waals surface area contributed by atoms with Crippen LogP contribution in [-0.4, -0.2) is 54.7 Å². The molecule has 0 heterocycles. The number of aliphatic carboxylic acids is 1. The van der Waals surface area contributed by atoms with Crippen LogP contribution >= 0.6 is 0 Å². The van der Waals surface area contributed by atoms with Gasteiger partial charge in [-0.05, 0) is 0 Å². The lowest BCUT2D eigenvalue weighted by Gasteiger charge is -2.14. The van der Waals surface area contributed by atoms with Crippen molar-refractivity contribution in [3.05, 3.63) is 12.7 Å². The van der Waals surface area contributed by atoms with Crippen molar-refractivity contribution in [3.8, 4) is 0 Å². The largest absolute Gasteiger partial charge is 0.480 e. The molecule has 0 saturated carbocycles. The van der Waals surface area contributed by atoms with E-state index in [4.69, 9.17) is 5.11 Å². The van der Waals surface area contributed by atoms with Crippen molar-refractivity contribution in [1.29, 1.82) is 0 Å². The molecule has 96 valence electrons. The van der Waals surface area contributed by atoms with Crippen LogP contribution in [-0.2, 0) is 14.3 Å². The number of carbonyl (C=O) groups is 3. The van der Waals surface area contributed by atoms with Crippen molar-refractivity contribution in [2.75, 3.05) is 26.7 Å². The summed E-state index contributed by atoms with van der Waals surface area (Å²) >= 11 is 0. The Hall–Kier alpha value is -2.05. The van der Waals surface area contributed by atoms with Crippen molar-refractivity contribution in [3.63, 3.8) is 0 Å². The summed E-state index contributed by atoms with van der Waals surface area (Å²) in [6.07, 6.45) is 0.803. The van der Waals surface area contributed by atoms with E-state index >= 15 is 0 Å². The molecule has 0 atom stereocenters. The fourth-order valence-corrected chi connectivity index (χ4v) is 0.939. The van der Waals surface area contributed by atoms with E-state index in [9.17, 15) is 14.4 Å². The molecule has 7 heteroatoms. The van der Waals surface area contributed by atoms with Gasteiger partial charge in [0.2, 0.25) is 5.91 Å². The number of nitrogens with one attached hydrogen (secondary N) is 1. The minimum atomic E-state index is -1.08. The lowest BCUT2D eigenvalue weighted by atomic mass is 10.3. The zero-order valence-electron chi connectivity index (χ0n) is 9.64. The summed E-state index contributed by atoms with van der Waals surface area (Å²) in [5.74, 6) is -1.45. The van der Waals surface area contributed by atoms with Crippen molar-refractivity contribution in [2.45, 2.75) is 6.42 Å². The topological polar surface area (TPSA) is 95.9 Å². The SMILES string of the molecule is C=CCOC(=O)NCCC(=O)N(C)CC(=O)O. The normalized spacial score (nSPS) is 9.24. The summed E-state index contributed by atoms with van der Waals surface area (Å²) < 4.78 is 4.61. The predicted molar refractivity (Wildman–Crippen MR) is 59.4 cm³/mol. The molecule has 0 fully saturated rings. The van der Waals surface area contributed by atoms with E-state index in [2.05, 4.69) is 16.6 Å². The maximum atomic E-state index is 11.3. The molecule has 0 unspecified atom stereocenters. The maximum absolute atomic E-state index is 11.3. The number of likely N-dealkylation sites (N-methyl/N-ethyl adjacent to an activating group) is 1. The van der Waals surface area contributed by atoms with Crippen LogP contribution in [0.15, 0.2) is 12.7 Å². The lowest BCUT2D eigenvalue weighted by molar-refractivity contribution is -0.143. The number of amides is 2. The number of hydrogen-bond donors (Lipinski definition) is 2. The molecule has 0 bridgehead atoms. The number of carboxylic acids is 1. The quantitative estimate of drug-likeness (QED) is 0.606. The molecule has 0 aromatic rings. The van der Waals surface area contributed by atoms with E-state index in [-0.39, 0.29) is 32.0 Å². The first-order valence-electron chi connectivity index (χ1n) is 4.94. The molecule has 0 spiro atoms. The third-order valence-corrected chi connectivity index (χ3v) is 1.74. The van der Waals surface area contributed by atoms with Crippen molar-refractivity contribution < 1.29 is 24.2 Å². The summed E-state index contributed by atoms with van der Waals surface area (Å²) in [5, 5.41) is 10.8. The number of carbonyl (C=O) groups excluding carboxylic acids is 2. The Kier molecular flexibility index (Phi) is 7.16.